The third kappa shape index (κ3) is 3.31. The smallest absolute Gasteiger partial charge is 0.193 e. The van der Waals surface area contributed by atoms with Crippen molar-refractivity contribution in [2.75, 3.05) is 7.05 Å². The van der Waals surface area contributed by atoms with Crippen LogP contribution in [0, 0.1) is 0 Å². The van der Waals surface area contributed by atoms with E-state index in [2.05, 4.69) is 26.2 Å². The first-order valence-electron chi connectivity index (χ1n) is 5.21. The average molecular weight is 316 g/mol. The molecule has 0 spiro atoms. The molecule has 1 N–H and O–H groups in total. The highest BCUT2D eigenvalue weighted by molar-refractivity contribution is 9.10. The maximum atomic E-state index is 5.78. The number of halogens is 2. The van der Waals surface area contributed by atoms with E-state index < -0.39 is 0 Å². The number of nitrogens with zero attached hydrogens (tertiary/aromatic N) is 1. The molecule has 0 saturated heterocycles. The van der Waals surface area contributed by atoms with Crippen LogP contribution in [0.5, 0.6) is 0 Å². The van der Waals surface area contributed by atoms with Gasteiger partial charge in [-0.2, -0.15) is 0 Å². The maximum Gasteiger partial charge on any atom is 0.193 e. The Balaban J connectivity index is 2.15. The number of likely N-dealkylation sites (N-methyl/N-ethyl adjacent to an activating group) is 1. The fraction of sp³-hybridized carbons (Fsp3) is 0.250. The first kappa shape index (κ1) is 12.6. The Kier molecular flexibility index (Phi) is 4.20. The molecule has 1 atom stereocenters. The Morgan fingerprint density at radius 3 is 2.88 bits per heavy atom. The van der Waals surface area contributed by atoms with Gasteiger partial charge in [-0.3, -0.25) is 4.98 Å². The molecule has 0 aromatic carbocycles. The Hall–Kier alpha value is -0.840. The molecule has 0 fully saturated rings. The van der Waals surface area contributed by atoms with Gasteiger partial charge in [0.25, 0.3) is 0 Å². The third-order valence-corrected chi connectivity index (χ3v) is 3.12. The molecule has 2 rings (SSSR count). The summed E-state index contributed by atoms with van der Waals surface area (Å²) < 4.78 is 6.38. The lowest BCUT2D eigenvalue weighted by Crippen LogP contribution is -2.18. The molecular formula is C12H12BrClN2O. The summed E-state index contributed by atoms with van der Waals surface area (Å²) in [5.41, 5.74) is 1.13. The fourth-order valence-electron chi connectivity index (χ4n) is 1.66. The summed E-state index contributed by atoms with van der Waals surface area (Å²) in [5.74, 6) is 0.831. The Labute approximate surface area is 113 Å². The van der Waals surface area contributed by atoms with Crippen LogP contribution >= 0.6 is 27.5 Å². The molecule has 0 amide bonds. The first-order chi connectivity index (χ1) is 8.19. The minimum Gasteiger partial charge on any atom is -0.448 e. The van der Waals surface area contributed by atoms with E-state index in [-0.39, 0.29) is 6.04 Å². The van der Waals surface area contributed by atoms with Crippen LogP contribution in [0.25, 0.3) is 0 Å². The zero-order valence-electron chi connectivity index (χ0n) is 9.28. The topological polar surface area (TPSA) is 38.1 Å². The van der Waals surface area contributed by atoms with Gasteiger partial charge in [0, 0.05) is 16.9 Å². The third-order valence-electron chi connectivity index (χ3n) is 2.49. The van der Waals surface area contributed by atoms with Crippen molar-refractivity contribution in [2.24, 2.45) is 0 Å². The van der Waals surface area contributed by atoms with Gasteiger partial charge in [0.05, 0.1) is 6.04 Å². The highest BCUT2D eigenvalue weighted by atomic mass is 79.9. The van der Waals surface area contributed by atoms with E-state index in [1.165, 1.54) is 0 Å². The molecule has 17 heavy (non-hydrogen) atoms. The van der Waals surface area contributed by atoms with Crippen LogP contribution in [-0.2, 0) is 6.42 Å². The first-order valence-corrected chi connectivity index (χ1v) is 6.38. The second kappa shape index (κ2) is 5.67. The van der Waals surface area contributed by atoms with Gasteiger partial charge in [0.2, 0.25) is 0 Å². The highest BCUT2D eigenvalue weighted by Crippen LogP contribution is 2.23. The summed E-state index contributed by atoms with van der Waals surface area (Å²) in [6, 6.07) is 5.77. The summed E-state index contributed by atoms with van der Waals surface area (Å²) >= 11 is 9.18. The van der Waals surface area contributed by atoms with E-state index in [0.29, 0.717) is 5.22 Å². The van der Waals surface area contributed by atoms with Crippen molar-refractivity contribution in [1.29, 1.82) is 0 Å². The van der Waals surface area contributed by atoms with Crippen LogP contribution in [0.4, 0.5) is 0 Å². The molecule has 5 heteroatoms. The Bertz CT molecular complexity index is 501. The van der Waals surface area contributed by atoms with Crippen LogP contribution < -0.4 is 5.32 Å². The van der Waals surface area contributed by atoms with Gasteiger partial charge in [-0.25, -0.2) is 0 Å². The molecule has 2 aromatic heterocycles. The molecule has 3 nitrogen and oxygen atoms in total. The van der Waals surface area contributed by atoms with Crippen molar-refractivity contribution in [3.63, 3.8) is 0 Å². The van der Waals surface area contributed by atoms with Gasteiger partial charge in [-0.1, -0.05) is 0 Å². The molecule has 0 saturated carbocycles. The average Bonchev–Trinajstić information content (AvgIpc) is 2.73. The minimum absolute atomic E-state index is 0.0959. The van der Waals surface area contributed by atoms with Crippen molar-refractivity contribution < 1.29 is 4.42 Å². The maximum absolute atomic E-state index is 5.78. The largest absolute Gasteiger partial charge is 0.448 e. The normalized spacial score (nSPS) is 12.6. The zero-order valence-corrected chi connectivity index (χ0v) is 11.6. The van der Waals surface area contributed by atoms with Crippen LogP contribution in [0.2, 0.25) is 5.22 Å². The van der Waals surface area contributed by atoms with Gasteiger partial charge in [-0.15, -0.1) is 0 Å². The van der Waals surface area contributed by atoms with Crippen molar-refractivity contribution in [3.8, 4) is 0 Å². The van der Waals surface area contributed by atoms with E-state index in [9.17, 15) is 0 Å². The van der Waals surface area contributed by atoms with Crippen molar-refractivity contribution in [2.45, 2.75) is 12.5 Å². The van der Waals surface area contributed by atoms with E-state index in [4.69, 9.17) is 16.0 Å². The minimum atomic E-state index is 0.0959. The molecule has 2 aromatic rings. The van der Waals surface area contributed by atoms with Crippen LogP contribution in [0.3, 0.4) is 0 Å². The quantitative estimate of drug-likeness (QED) is 0.937. The number of aromatic nitrogens is 1. The molecule has 0 aliphatic heterocycles. The second-order valence-electron chi connectivity index (χ2n) is 3.70. The Morgan fingerprint density at radius 1 is 1.47 bits per heavy atom. The molecule has 0 aliphatic rings. The molecule has 1 unspecified atom stereocenters. The lowest BCUT2D eigenvalue weighted by atomic mass is 10.1. The standard InChI is InChI=1S/C12H12BrClN2O/c1-15-10(11-2-3-12(14)17-11)5-8-4-9(13)7-16-6-8/h2-4,6-7,10,15H,5H2,1H3. The fourth-order valence-corrected chi connectivity index (χ4v) is 2.23. The van der Waals surface area contributed by atoms with Crippen molar-refractivity contribution in [1.82, 2.24) is 10.3 Å². The number of hydrogen-bond acceptors (Lipinski definition) is 3. The number of hydrogen-bond donors (Lipinski definition) is 1. The van der Waals surface area contributed by atoms with Crippen molar-refractivity contribution >= 4 is 27.5 Å². The van der Waals surface area contributed by atoms with E-state index in [1.54, 1.807) is 12.3 Å². The number of rotatable bonds is 4. The lowest BCUT2D eigenvalue weighted by Gasteiger charge is -2.13. The Morgan fingerprint density at radius 2 is 2.29 bits per heavy atom. The van der Waals surface area contributed by atoms with Crippen LogP contribution in [0.1, 0.15) is 17.4 Å². The van der Waals surface area contributed by atoms with Gasteiger partial charge < -0.3 is 9.73 Å². The predicted molar refractivity (Wildman–Crippen MR) is 71.2 cm³/mol. The molecule has 0 radical (unpaired) electrons. The zero-order chi connectivity index (χ0) is 12.3. The van der Waals surface area contributed by atoms with E-state index in [0.717, 1.165) is 22.2 Å². The number of pyridine rings is 1. The molecule has 2 heterocycles. The highest BCUT2D eigenvalue weighted by Gasteiger charge is 2.14. The van der Waals surface area contributed by atoms with Crippen molar-refractivity contribution in [3.05, 3.63) is 51.6 Å². The second-order valence-corrected chi connectivity index (χ2v) is 4.99. The van der Waals surface area contributed by atoms with Gasteiger partial charge in [0.1, 0.15) is 5.76 Å². The lowest BCUT2D eigenvalue weighted by molar-refractivity contribution is 0.430. The molecule has 0 bridgehead atoms. The molecule has 90 valence electrons. The van der Waals surface area contributed by atoms with E-state index in [1.807, 2.05) is 25.4 Å². The summed E-state index contributed by atoms with van der Waals surface area (Å²) in [6.07, 6.45) is 4.41. The van der Waals surface area contributed by atoms with Crippen LogP contribution in [-0.4, -0.2) is 12.0 Å². The number of furan rings is 1. The SMILES string of the molecule is CNC(Cc1cncc(Br)c1)c1ccc(Cl)o1. The predicted octanol–water partition coefficient (Wildman–Crippen LogP) is 3.59. The van der Waals surface area contributed by atoms with Gasteiger partial charge in [0.15, 0.2) is 5.22 Å². The number of nitrogens with one attached hydrogen (secondary N) is 1. The molecule has 0 aliphatic carbocycles. The van der Waals surface area contributed by atoms with E-state index >= 15 is 0 Å². The monoisotopic (exact) mass is 314 g/mol. The van der Waals surface area contributed by atoms with Crippen LogP contribution in [0.15, 0.2) is 39.5 Å². The summed E-state index contributed by atoms with van der Waals surface area (Å²) in [5, 5.41) is 3.61. The van der Waals surface area contributed by atoms with Gasteiger partial charge in [-0.05, 0) is 64.8 Å². The molecular weight excluding hydrogens is 304 g/mol. The van der Waals surface area contributed by atoms with Gasteiger partial charge >= 0.3 is 0 Å². The summed E-state index contributed by atoms with van der Waals surface area (Å²) in [6.45, 7) is 0. The summed E-state index contributed by atoms with van der Waals surface area (Å²) in [4.78, 5) is 4.14. The summed E-state index contributed by atoms with van der Waals surface area (Å²) in [7, 11) is 1.90.